The van der Waals surface area contributed by atoms with Crippen molar-refractivity contribution in [1.82, 2.24) is 0 Å². The summed E-state index contributed by atoms with van der Waals surface area (Å²) in [6, 6.07) is 0. The number of halogens is 1. The maximum Gasteiger partial charge on any atom is 0.206 e. The zero-order valence-corrected chi connectivity index (χ0v) is 5.40. The topological polar surface area (TPSA) is 0 Å². The molecule has 0 saturated carbocycles. The molecule has 3 heteroatoms. The third-order valence-electron chi connectivity index (χ3n) is 0.325. The van der Waals surface area contributed by atoms with Crippen LogP contribution in [-0.4, -0.2) is 12.4 Å². The van der Waals surface area contributed by atoms with E-state index in [9.17, 15) is 0 Å². The molecule has 0 aromatic carbocycles. The van der Waals surface area contributed by atoms with Gasteiger partial charge in [-0.15, -0.1) is 0 Å². The average molecular weight is 178 g/mol. The van der Waals surface area contributed by atoms with E-state index in [2.05, 4.69) is 29.2 Å². The molecule has 2 radical (unpaired) electrons. The Hall–Kier alpha value is 0.860. The van der Waals surface area contributed by atoms with Crippen LogP contribution in [0.15, 0.2) is 0 Å². The van der Waals surface area contributed by atoms with Gasteiger partial charge >= 0.3 is 0 Å². The van der Waals surface area contributed by atoms with E-state index < -0.39 is 0 Å². The lowest BCUT2D eigenvalue weighted by atomic mass is 9.68. The Kier molecular flexibility index (Phi) is 3.59. The summed E-state index contributed by atoms with van der Waals surface area (Å²) < 4.78 is 0.632. The molecule has 0 rings (SSSR count). The lowest BCUT2D eigenvalue weighted by molar-refractivity contribution is 1.99. The van der Waals surface area contributed by atoms with Gasteiger partial charge in [-0.25, -0.2) is 0 Å². The van der Waals surface area contributed by atoms with Gasteiger partial charge in [0.2, 0.25) is 4.57 Å². The fraction of sp³-hybridized carbons (Fsp3) is 1.00. The Balaban J connectivity index is 2.54. The average Bonchev–Trinajstić information content (AvgIpc) is 1.38. The molecule has 5 heavy (non-hydrogen) atoms. The normalized spacial score (nSPS) is 7.60. The zero-order valence-electron chi connectivity index (χ0n) is 3.24. The van der Waals surface area contributed by atoms with E-state index in [0.29, 0.717) is 4.57 Å². The van der Waals surface area contributed by atoms with E-state index in [1.807, 2.05) is 0 Å². The van der Waals surface area contributed by atoms with Crippen molar-refractivity contribution in [2.75, 3.05) is 0 Å². The van der Waals surface area contributed by atoms with E-state index in [1.165, 1.54) is 0 Å². The summed E-state index contributed by atoms with van der Waals surface area (Å²) in [7, 11) is 5.16. The van der Waals surface area contributed by atoms with Gasteiger partial charge in [0, 0.05) is 0 Å². The Morgan fingerprint density at radius 3 is 2.20 bits per heavy atom. The number of rotatable bonds is 1. The summed E-state index contributed by atoms with van der Waals surface area (Å²) in [5, 5.41) is 0. The molecular weight excluding hydrogens is 173 g/mol. The maximum absolute atomic E-state index is 5.16. The number of hydrogen-bond donors (Lipinski definition) is 0. The molecule has 0 heterocycles. The van der Waals surface area contributed by atoms with Gasteiger partial charge in [-0.05, 0) is 0 Å². The largest absolute Gasteiger partial charge is 0.206 e. The monoisotopic (exact) mass is 178 g/mol. The molecule has 0 aromatic rings. The van der Waals surface area contributed by atoms with Crippen LogP contribution in [0.1, 0.15) is 0 Å². The Bertz CT molecular complexity index is 21.6. The van der Waals surface area contributed by atoms with E-state index in [4.69, 9.17) is 7.85 Å². The molecule has 0 aliphatic rings. The van der Waals surface area contributed by atoms with Crippen LogP contribution < -0.4 is 0 Å². The standard InChI is InChI=1S/C2H5B2I/c1-4(5)2-3/h2H2,1H3. The van der Waals surface area contributed by atoms with Crippen molar-refractivity contribution in [3.05, 3.63) is 0 Å². The predicted molar refractivity (Wildman–Crippen MR) is 36.2 cm³/mol. The molecule has 0 aliphatic carbocycles. The SMILES string of the molecule is [B]CB(C)I. The molecular formula is C2H5B2I. The molecule has 0 atom stereocenters. The Morgan fingerprint density at radius 1 is 2.00 bits per heavy atom. The molecule has 26 valence electrons. The molecule has 0 saturated heterocycles. The molecule has 0 unspecified atom stereocenters. The van der Waals surface area contributed by atoms with Crippen LogP contribution in [0.5, 0.6) is 0 Å². The van der Waals surface area contributed by atoms with Gasteiger partial charge in [-0.1, -0.05) is 13.0 Å². The van der Waals surface area contributed by atoms with Gasteiger partial charge in [0.25, 0.3) is 0 Å². The van der Waals surface area contributed by atoms with Gasteiger partial charge in [0.1, 0.15) is 0 Å². The lowest BCUT2D eigenvalue weighted by Crippen LogP contribution is -1.90. The number of hydrogen-bond acceptors (Lipinski definition) is 0. The third kappa shape index (κ3) is 4.86. The maximum atomic E-state index is 5.16. The fourth-order valence-electron chi connectivity index (χ4n) is 0. The van der Waals surface area contributed by atoms with Crippen molar-refractivity contribution in [2.24, 2.45) is 0 Å². The predicted octanol–water partition coefficient (Wildman–Crippen LogP) is 1.17. The molecule has 0 bridgehead atoms. The molecule has 0 nitrogen and oxygen atoms in total. The van der Waals surface area contributed by atoms with E-state index >= 15 is 0 Å². The highest BCUT2D eigenvalue weighted by molar-refractivity contribution is 14.1. The van der Waals surface area contributed by atoms with Gasteiger partial charge in [0.15, 0.2) is 0 Å². The summed E-state index contributed by atoms with van der Waals surface area (Å²) in [6.45, 7) is 2.08. The highest BCUT2D eigenvalue weighted by atomic mass is 127. The summed E-state index contributed by atoms with van der Waals surface area (Å²) in [5.41, 5.74) is 0. The van der Waals surface area contributed by atoms with Crippen LogP contribution in [0.2, 0.25) is 13.0 Å². The second kappa shape index (κ2) is 3.07. The van der Waals surface area contributed by atoms with Crippen LogP contribution in [0.4, 0.5) is 0 Å². The minimum atomic E-state index is 0.632. The first-order valence-electron chi connectivity index (χ1n) is 1.61. The second-order valence-electron chi connectivity index (χ2n) is 1.02. The summed E-state index contributed by atoms with van der Waals surface area (Å²) in [6.07, 6.45) is 0.792. The first kappa shape index (κ1) is 5.86. The van der Waals surface area contributed by atoms with Crippen molar-refractivity contribution in [1.29, 1.82) is 0 Å². The molecule has 0 aliphatic heterocycles. The summed E-state index contributed by atoms with van der Waals surface area (Å²) in [5.74, 6) is 0. The molecule has 0 fully saturated rings. The van der Waals surface area contributed by atoms with Crippen molar-refractivity contribution in [3.8, 4) is 0 Å². The minimum absolute atomic E-state index is 0.632. The fourth-order valence-corrected chi connectivity index (χ4v) is 0. The Morgan fingerprint density at radius 2 is 2.20 bits per heavy atom. The second-order valence-corrected chi connectivity index (χ2v) is 3.14. The quantitative estimate of drug-likeness (QED) is 0.417. The van der Waals surface area contributed by atoms with E-state index in [-0.39, 0.29) is 0 Å². The van der Waals surface area contributed by atoms with Gasteiger partial charge in [-0.2, -0.15) is 22.4 Å². The van der Waals surface area contributed by atoms with Crippen molar-refractivity contribution in [3.63, 3.8) is 0 Å². The molecule has 0 N–H and O–H groups in total. The van der Waals surface area contributed by atoms with E-state index in [0.717, 1.165) is 6.22 Å². The minimum Gasteiger partial charge on any atom is -0.151 e. The van der Waals surface area contributed by atoms with E-state index in [1.54, 1.807) is 0 Å². The van der Waals surface area contributed by atoms with Gasteiger partial charge in [0.05, 0.1) is 7.85 Å². The molecule has 0 spiro atoms. The van der Waals surface area contributed by atoms with Crippen molar-refractivity contribution < 1.29 is 0 Å². The van der Waals surface area contributed by atoms with Crippen LogP contribution in [0.3, 0.4) is 0 Å². The first-order chi connectivity index (χ1) is 2.27. The van der Waals surface area contributed by atoms with Crippen molar-refractivity contribution >= 4 is 34.8 Å². The van der Waals surface area contributed by atoms with Gasteiger partial charge in [-0.3, -0.25) is 0 Å². The summed E-state index contributed by atoms with van der Waals surface area (Å²) >= 11 is 2.28. The zero-order chi connectivity index (χ0) is 4.28. The lowest BCUT2D eigenvalue weighted by Gasteiger charge is -1.81. The first-order valence-corrected chi connectivity index (χ1v) is 2.86. The van der Waals surface area contributed by atoms with Crippen molar-refractivity contribution in [2.45, 2.75) is 13.0 Å². The van der Waals surface area contributed by atoms with Crippen LogP contribution >= 0.6 is 22.4 Å². The van der Waals surface area contributed by atoms with Crippen LogP contribution in [0.25, 0.3) is 0 Å². The smallest absolute Gasteiger partial charge is 0.151 e. The summed E-state index contributed by atoms with van der Waals surface area (Å²) in [4.78, 5) is 0. The van der Waals surface area contributed by atoms with Crippen LogP contribution in [0, 0.1) is 0 Å². The van der Waals surface area contributed by atoms with Gasteiger partial charge < -0.3 is 0 Å². The highest BCUT2D eigenvalue weighted by Gasteiger charge is 1.90. The molecule has 0 amide bonds. The highest BCUT2D eigenvalue weighted by Crippen LogP contribution is 1.93. The molecule has 0 aromatic heterocycles. The third-order valence-corrected chi connectivity index (χ3v) is 0.833. The Labute approximate surface area is 48.1 Å². The van der Waals surface area contributed by atoms with Crippen LogP contribution in [-0.2, 0) is 0 Å².